The van der Waals surface area contributed by atoms with E-state index >= 15 is 0 Å². The molecule has 1 aromatic carbocycles. The highest BCUT2D eigenvalue weighted by molar-refractivity contribution is 5.45. The fourth-order valence-corrected chi connectivity index (χ4v) is 1.27. The Morgan fingerprint density at radius 1 is 0.938 bits per heavy atom. The van der Waals surface area contributed by atoms with Crippen molar-refractivity contribution in [3.05, 3.63) is 23.8 Å². The van der Waals surface area contributed by atoms with Crippen LogP contribution in [0.1, 0.15) is 53.0 Å². The molecular weight excluding hydrogens is 200 g/mol. The second kappa shape index (κ2) is 8.03. The standard InChI is InChI=1S/C10H12O2.2C2H6/c1-7(2)8-3-4-9-10(5-8)12-6-11-9;2*1-2/h3-5,7H,6H2,1-2H3;2*1-2H3. The van der Waals surface area contributed by atoms with Gasteiger partial charge in [0.05, 0.1) is 0 Å². The van der Waals surface area contributed by atoms with Gasteiger partial charge in [0.15, 0.2) is 11.5 Å². The van der Waals surface area contributed by atoms with Gasteiger partial charge in [0.2, 0.25) is 6.79 Å². The molecular formula is C14H24O2. The minimum absolute atomic E-state index is 0.358. The van der Waals surface area contributed by atoms with Gasteiger partial charge in [-0.25, -0.2) is 0 Å². The maximum atomic E-state index is 5.27. The summed E-state index contributed by atoms with van der Waals surface area (Å²) in [6.07, 6.45) is 0. The summed E-state index contributed by atoms with van der Waals surface area (Å²) in [6.45, 7) is 12.7. The van der Waals surface area contributed by atoms with Crippen LogP contribution in [0.25, 0.3) is 0 Å². The third-order valence-corrected chi connectivity index (χ3v) is 2.06. The van der Waals surface area contributed by atoms with Crippen LogP contribution < -0.4 is 9.47 Å². The molecule has 0 radical (unpaired) electrons. The fourth-order valence-electron chi connectivity index (χ4n) is 1.27. The van der Waals surface area contributed by atoms with Gasteiger partial charge in [-0.1, -0.05) is 47.6 Å². The Morgan fingerprint density at radius 2 is 1.50 bits per heavy atom. The minimum Gasteiger partial charge on any atom is -0.454 e. The molecule has 0 spiro atoms. The number of fused-ring (bicyclic) bond motifs is 1. The minimum atomic E-state index is 0.358. The molecule has 0 aromatic heterocycles. The molecule has 0 unspecified atom stereocenters. The molecule has 92 valence electrons. The molecule has 0 aliphatic carbocycles. The summed E-state index contributed by atoms with van der Waals surface area (Å²) in [6, 6.07) is 6.10. The van der Waals surface area contributed by atoms with Gasteiger partial charge in [-0.2, -0.15) is 0 Å². The third kappa shape index (κ3) is 3.76. The van der Waals surface area contributed by atoms with Crippen molar-refractivity contribution in [3.8, 4) is 11.5 Å². The highest BCUT2D eigenvalue weighted by Crippen LogP contribution is 2.34. The lowest BCUT2D eigenvalue weighted by atomic mass is 10.0. The van der Waals surface area contributed by atoms with Crippen LogP contribution in [0.15, 0.2) is 18.2 Å². The van der Waals surface area contributed by atoms with Crippen molar-refractivity contribution in [2.75, 3.05) is 6.79 Å². The highest BCUT2D eigenvalue weighted by Gasteiger charge is 2.13. The molecule has 0 saturated heterocycles. The van der Waals surface area contributed by atoms with E-state index in [2.05, 4.69) is 19.9 Å². The second-order valence-electron chi connectivity index (χ2n) is 3.27. The van der Waals surface area contributed by atoms with Crippen molar-refractivity contribution in [1.82, 2.24) is 0 Å². The van der Waals surface area contributed by atoms with E-state index in [1.807, 2.05) is 39.8 Å². The van der Waals surface area contributed by atoms with E-state index in [-0.39, 0.29) is 0 Å². The first kappa shape index (κ1) is 14.8. The molecule has 0 bridgehead atoms. The lowest BCUT2D eigenvalue weighted by molar-refractivity contribution is 0.174. The summed E-state index contributed by atoms with van der Waals surface area (Å²) in [5, 5.41) is 0. The van der Waals surface area contributed by atoms with Gasteiger partial charge >= 0.3 is 0 Å². The predicted octanol–water partition coefficient (Wildman–Crippen LogP) is 4.59. The normalized spacial score (nSPS) is 11.2. The molecule has 0 saturated carbocycles. The van der Waals surface area contributed by atoms with Gasteiger partial charge in [0.25, 0.3) is 0 Å². The number of ether oxygens (including phenoxy) is 2. The molecule has 0 amide bonds. The highest BCUT2D eigenvalue weighted by atomic mass is 16.7. The molecule has 1 aliphatic heterocycles. The van der Waals surface area contributed by atoms with E-state index in [0.717, 1.165) is 11.5 Å². The van der Waals surface area contributed by atoms with E-state index in [9.17, 15) is 0 Å². The molecule has 1 aliphatic rings. The van der Waals surface area contributed by atoms with Gasteiger partial charge in [-0.05, 0) is 23.6 Å². The Bertz CT molecular complexity index is 293. The van der Waals surface area contributed by atoms with Crippen molar-refractivity contribution in [2.45, 2.75) is 47.5 Å². The Morgan fingerprint density at radius 3 is 2.06 bits per heavy atom. The number of hydrogen-bond acceptors (Lipinski definition) is 2. The summed E-state index contributed by atoms with van der Waals surface area (Å²) in [5.74, 6) is 2.28. The van der Waals surface area contributed by atoms with Crippen LogP contribution in [0.2, 0.25) is 0 Å². The van der Waals surface area contributed by atoms with Crippen molar-refractivity contribution in [2.24, 2.45) is 0 Å². The lowest BCUT2D eigenvalue weighted by Gasteiger charge is -2.05. The van der Waals surface area contributed by atoms with Gasteiger partial charge < -0.3 is 9.47 Å². The van der Waals surface area contributed by atoms with Crippen molar-refractivity contribution in [3.63, 3.8) is 0 Å². The van der Waals surface area contributed by atoms with E-state index in [1.54, 1.807) is 0 Å². The van der Waals surface area contributed by atoms with Crippen LogP contribution in [-0.2, 0) is 0 Å². The lowest BCUT2D eigenvalue weighted by Crippen LogP contribution is -1.93. The summed E-state index contributed by atoms with van der Waals surface area (Å²) < 4.78 is 10.5. The zero-order valence-electron chi connectivity index (χ0n) is 11.3. The topological polar surface area (TPSA) is 18.5 Å². The summed E-state index contributed by atoms with van der Waals surface area (Å²) >= 11 is 0. The first-order valence-corrected chi connectivity index (χ1v) is 6.17. The van der Waals surface area contributed by atoms with E-state index in [0.29, 0.717) is 12.7 Å². The molecule has 1 heterocycles. The van der Waals surface area contributed by atoms with Crippen LogP contribution in [-0.4, -0.2) is 6.79 Å². The van der Waals surface area contributed by atoms with Crippen LogP contribution >= 0.6 is 0 Å². The molecule has 0 atom stereocenters. The zero-order valence-corrected chi connectivity index (χ0v) is 11.3. The van der Waals surface area contributed by atoms with E-state index in [4.69, 9.17) is 9.47 Å². The first-order valence-electron chi connectivity index (χ1n) is 6.17. The van der Waals surface area contributed by atoms with Crippen molar-refractivity contribution in [1.29, 1.82) is 0 Å². The van der Waals surface area contributed by atoms with Gasteiger partial charge in [-0.15, -0.1) is 0 Å². The summed E-state index contributed by atoms with van der Waals surface area (Å²) in [7, 11) is 0. The third-order valence-electron chi connectivity index (χ3n) is 2.06. The maximum absolute atomic E-state index is 5.27. The van der Waals surface area contributed by atoms with Crippen LogP contribution in [0.5, 0.6) is 11.5 Å². The quantitative estimate of drug-likeness (QED) is 0.694. The molecule has 2 rings (SSSR count). The predicted molar refractivity (Wildman–Crippen MR) is 69.4 cm³/mol. The van der Waals surface area contributed by atoms with Crippen LogP contribution in [0.4, 0.5) is 0 Å². The van der Waals surface area contributed by atoms with Crippen molar-refractivity contribution < 1.29 is 9.47 Å². The molecule has 2 nitrogen and oxygen atoms in total. The summed E-state index contributed by atoms with van der Waals surface area (Å²) in [4.78, 5) is 0. The number of rotatable bonds is 1. The molecule has 16 heavy (non-hydrogen) atoms. The largest absolute Gasteiger partial charge is 0.454 e. The Hall–Kier alpha value is -1.18. The second-order valence-corrected chi connectivity index (χ2v) is 3.27. The Kier molecular flexibility index (Phi) is 7.44. The van der Waals surface area contributed by atoms with Crippen LogP contribution in [0, 0.1) is 0 Å². The van der Waals surface area contributed by atoms with Crippen LogP contribution in [0.3, 0.4) is 0 Å². The molecule has 0 fully saturated rings. The van der Waals surface area contributed by atoms with Gasteiger partial charge in [-0.3, -0.25) is 0 Å². The maximum Gasteiger partial charge on any atom is 0.231 e. The summed E-state index contributed by atoms with van der Waals surface area (Å²) in [5.41, 5.74) is 1.29. The van der Waals surface area contributed by atoms with E-state index in [1.165, 1.54) is 5.56 Å². The fraction of sp³-hybridized carbons (Fsp3) is 0.571. The van der Waals surface area contributed by atoms with Gasteiger partial charge in [0.1, 0.15) is 0 Å². The van der Waals surface area contributed by atoms with Gasteiger partial charge in [0, 0.05) is 0 Å². The zero-order chi connectivity index (χ0) is 12.6. The molecule has 2 heteroatoms. The average molecular weight is 224 g/mol. The smallest absolute Gasteiger partial charge is 0.231 e. The Labute approximate surface area is 99.6 Å². The SMILES string of the molecule is CC.CC.CC(C)c1ccc2c(c1)OCO2. The number of benzene rings is 1. The van der Waals surface area contributed by atoms with E-state index < -0.39 is 0 Å². The number of hydrogen-bond donors (Lipinski definition) is 0. The monoisotopic (exact) mass is 224 g/mol. The molecule has 0 N–H and O–H groups in total. The Balaban J connectivity index is 0.000000509. The average Bonchev–Trinajstić information content (AvgIpc) is 2.81. The first-order chi connectivity index (χ1) is 7.77. The van der Waals surface area contributed by atoms with Crippen molar-refractivity contribution >= 4 is 0 Å². The molecule has 1 aromatic rings.